The summed E-state index contributed by atoms with van der Waals surface area (Å²) in [5, 5.41) is 10.7. The first-order chi connectivity index (χ1) is 12.6. The third-order valence-electron chi connectivity index (χ3n) is 4.56. The molecule has 26 heavy (non-hydrogen) atoms. The number of aromatic amines is 1. The maximum atomic E-state index is 12.2. The Labute approximate surface area is 151 Å². The number of aromatic nitrogens is 2. The first kappa shape index (κ1) is 18.1. The van der Waals surface area contributed by atoms with Crippen LogP contribution in [0.5, 0.6) is 0 Å². The minimum absolute atomic E-state index is 0.00778. The van der Waals surface area contributed by atoms with Crippen LogP contribution in [0.15, 0.2) is 30.5 Å². The molecule has 1 aromatic carbocycles. The quantitative estimate of drug-likeness (QED) is 0.403. The molecule has 0 spiro atoms. The largest absolute Gasteiger partial charge is 0.481 e. The van der Waals surface area contributed by atoms with E-state index in [2.05, 4.69) is 16.0 Å². The van der Waals surface area contributed by atoms with Gasteiger partial charge in [0.2, 0.25) is 0 Å². The van der Waals surface area contributed by atoms with Crippen molar-refractivity contribution in [3.8, 4) is 0 Å². The number of nitrogens with one attached hydrogen (secondary N) is 1. The van der Waals surface area contributed by atoms with Crippen molar-refractivity contribution in [2.45, 2.75) is 38.5 Å². The van der Waals surface area contributed by atoms with Crippen LogP contribution in [0.4, 0.5) is 0 Å². The lowest BCUT2D eigenvalue weighted by atomic mass is 10.0. The number of fused-ring (bicyclic) bond motifs is 3. The zero-order valence-electron chi connectivity index (χ0n) is 14.6. The van der Waals surface area contributed by atoms with Gasteiger partial charge >= 0.3 is 5.97 Å². The van der Waals surface area contributed by atoms with Crippen molar-refractivity contribution in [3.63, 3.8) is 0 Å². The Balaban J connectivity index is 1.87. The molecule has 0 radical (unpaired) electrons. The van der Waals surface area contributed by atoms with Gasteiger partial charge in [0.25, 0.3) is 0 Å². The molecule has 3 aromatic rings. The molecule has 0 aliphatic heterocycles. The number of rotatable bonds is 9. The molecular formula is C20H23N3O3. The van der Waals surface area contributed by atoms with E-state index in [0.717, 1.165) is 59.7 Å². The zero-order chi connectivity index (χ0) is 18.5. The summed E-state index contributed by atoms with van der Waals surface area (Å²) in [4.78, 5) is 30.7. The number of H-pyrrole nitrogens is 1. The molecule has 4 N–H and O–H groups in total. The number of hydrogen-bond donors (Lipinski definition) is 3. The summed E-state index contributed by atoms with van der Waals surface area (Å²) in [5.41, 5.74) is 8.94. The molecule has 2 heterocycles. The highest BCUT2D eigenvalue weighted by atomic mass is 16.4. The Morgan fingerprint density at radius 2 is 1.92 bits per heavy atom. The highest BCUT2D eigenvalue weighted by Crippen LogP contribution is 2.27. The van der Waals surface area contributed by atoms with Gasteiger partial charge in [0.1, 0.15) is 5.65 Å². The second kappa shape index (κ2) is 8.10. The number of aliphatic carboxylic acids is 1. The smallest absolute Gasteiger partial charge is 0.303 e. The lowest BCUT2D eigenvalue weighted by Gasteiger charge is -2.02. The van der Waals surface area contributed by atoms with E-state index in [4.69, 9.17) is 10.8 Å². The van der Waals surface area contributed by atoms with E-state index < -0.39 is 5.97 Å². The molecule has 0 saturated carbocycles. The number of carbonyl (C=O) groups excluding carboxylic acids is 1. The molecule has 0 aliphatic rings. The molecule has 0 fully saturated rings. The summed E-state index contributed by atoms with van der Waals surface area (Å²) in [7, 11) is 0. The molecule has 6 nitrogen and oxygen atoms in total. The van der Waals surface area contributed by atoms with Crippen LogP contribution in [0.1, 0.15) is 48.0 Å². The van der Waals surface area contributed by atoms with Crippen molar-refractivity contribution in [3.05, 3.63) is 41.6 Å². The molecule has 0 aliphatic carbocycles. The predicted molar refractivity (Wildman–Crippen MR) is 101 cm³/mol. The maximum Gasteiger partial charge on any atom is 0.303 e. The molecule has 6 heteroatoms. The molecule has 0 amide bonds. The van der Waals surface area contributed by atoms with Crippen LogP contribution in [0.3, 0.4) is 0 Å². The number of carboxylic acids is 1. The number of pyridine rings is 1. The number of aryl methyl sites for hydroxylation is 1. The van der Waals surface area contributed by atoms with Gasteiger partial charge in [0.05, 0.1) is 6.42 Å². The number of carbonyl (C=O) groups is 2. The standard InChI is InChI=1S/C20H23N3O3/c21-9-3-1-2-4-13-10-16-15-11-14(18(24)7-8-19(25)26)5-6-17(15)23-20(16)22-12-13/h5-6,10-12H,1-4,7-9,21H2,(H,22,23)(H,25,26). The fourth-order valence-corrected chi connectivity index (χ4v) is 3.14. The van der Waals surface area contributed by atoms with Crippen LogP contribution in [0.25, 0.3) is 21.9 Å². The predicted octanol–water partition coefficient (Wildman–Crippen LogP) is 3.44. The highest BCUT2D eigenvalue weighted by molar-refractivity contribution is 6.09. The molecule has 0 unspecified atom stereocenters. The van der Waals surface area contributed by atoms with Crippen LogP contribution in [-0.4, -0.2) is 33.4 Å². The first-order valence-electron chi connectivity index (χ1n) is 8.94. The lowest BCUT2D eigenvalue weighted by Crippen LogP contribution is -2.03. The summed E-state index contributed by atoms with van der Waals surface area (Å²) in [5.74, 6) is -1.12. The zero-order valence-corrected chi connectivity index (χ0v) is 14.6. The van der Waals surface area contributed by atoms with Gasteiger partial charge in [-0.3, -0.25) is 9.59 Å². The molecular weight excluding hydrogens is 330 g/mol. The number of unbranched alkanes of at least 4 members (excludes halogenated alkanes) is 2. The third kappa shape index (κ3) is 4.08. The number of benzene rings is 1. The van der Waals surface area contributed by atoms with E-state index in [1.807, 2.05) is 18.3 Å². The van der Waals surface area contributed by atoms with Gasteiger partial charge in [-0.15, -0.1) is 0 Å². The molecule has 0 bridgehead atoms. The molecule has 0 saturated heterocycles. The van der Waals surface area contributed by atoms with Gasteiger partial charge in [0.15, 0.2) is 5.78 Å². The van der Waals surface area contributed by atoms with E-state index in [0.29, 0.717) is 5.56 Å². The van der Waals surface area contributed by atoms with Crippen molar-refractivity contribution in [1.82, 2.24) is 9.97 Å². The summed E-state index contributed by atoms with van der Waals surface area (Å²) in [6.07, 6.45) is 5.90. The summed E-state index contributed by atoms with van der Waals surface area (Å²) in [6, 6.07) is 7.54. The van der Waals surface area contributed by atoms with E-state index in [9.17, 15) is 9.59 Å². The Kier molecular flexibility index (Phi) is 5.63. The van der Waals surface area contributed by atoms with Crippen molar-refractivity contribution in [2.24, 2.45) is 5.73 Å². The fourth-order valence-electron chi connectivity index (χ4n) is 3.14. The number of nitrogens with two attached hydrogens (primary N) is 1. The van der Waals surface area contributed by atoms with Crippen molar-refractivity contribution >= 4 is 33.7 Å². The Morgan fingerprint density at radius 1 is 1.08 bits per heavy atom. The average molecular weight is 353 g/mol. The van der Waals surface area contributed by atoms with Gasteiger partial charge in [-0.25, -0.2) is 4.98 Å². The number of hydrogen-bond acceptors (Lipinski definition) is 4. The van der Waals surface area contributed by atoms with Gasteiger partial charge in [-0.1, -0.05) is 6.42 Å². The Morgan fingerprint density at radius 3 is 2.69 bits per heavy atom. The molecule has 136 valence electrons. The SMILES string of the molecule is NCCCCCc1cnc2[nH]c3ccc(C(=O)CCC(=O)O)cc3c2c1. The van der Waals surface area contributed by atoms with E-state index in [1.165, 1.54) is 0 Å². The fraction of sp³-hybridized carbons (Fsp3) is 0.350. The highest BCUT2D eigenvalue weighted by Gasteiger charge is 2.12. The second-order valence-corrected chi connectivity index (χ2v) is 6.54. The van der Waals surface area contributed by atoms with Gasteiger partial charge in [-0.05, 0) is 55.6 Å². The minimum Gasteiger partial charge on any atom is -0.481 e. The molecule has 0 atom stereocenters. The average Bonchev–Trinajstić information content (AvgIpc) is 3.00. The van der Waals surface area contributed by atoms with Crippen LogP contribution in [0, 0.1) is 0 Å². The first-order valence-corrected chi connectivity index (χ1v) is 8.94. The minimum atomic E-state index is -0.963. The van der Waals surface area contributed by atoms with Crippen LogP contribution >= 0.6 is 0 Å². The van der Waals surface area contributed by atoms with Crippen molar-refractivity contribution in [1.29, 1.82) is 0 Å². The van der Waals surface area contributed by atoms with Crippen LogP contribution in [0.2, 0.25) is 0 Å². The second-order valence-electron chi connectivity index (χ2n) is 6.54. The molecule has 3 rings (SSSR count). The molecule has 2 aromatic heterocycles. The monoisotopic (exact) mass is 353 g/mol. The maximum absolute atomic E-state index is 12.2. The van der Waals surface area contributed by atoms with Crippen molar-refractivity contribution < 1.29 is 14.7 Å². The Bertz CT molecular complexity index is 946. The number of ketones is 1. The van der Waals surface area contributed by atoms with E-state index in [1.54, 1.807) is 6.07 Å². The van der Waals surface area contributed by atoms with Crippen LogP contribution in [-0.2, 0) is 11.2 Å². The Hall–Kier alpha value is -2.73. The normalized spacial score (nSPS) is 11.3. The number of nitrogens with zero attached hydrogens (tertiary/aromatic N) is 1. The van der Waals surface area contributed by atoms with Gasteiger partial charge in [0, 0.05) is 34.5 Å². The van der Waals surface area contributed by atoms with Gasteiger partial charge < -0.3 is 15.8 Å². The number of Topliss-reactive ketones (excluding diaryl/α,β-unsaturated/α-hetero) is 1. The summed E-state index contributed by atoms with van der Waals surface area (Å²) < 4.78 is 0. The number of carboxylic acid groups (broad SMARTS) is 1. The topological polar surface area (TPSA) is 109 Å². The lowest BCUT2D eigenvalue weighted by molar-refractivity contribution is -0.136. The van der Waals surface area contributed by atoms with Crippen LogP contribution < -0.4 is 5.73 Å². The third-order valence-corrected chi connectivity index (χ3v) is 4.56. The van der Waals surface area contributed by atoms with E-state index in [-0.39, 0.29) is 18.6 Å². The van der Waals surface area contributed by atoms with Gasteiger partial charge in [-0.2, -0.15) is 0 Å². The van der Waals surface area contributed by atoms with E-state index >= 15 is 0 Å². The summed E-state index contributed by atoms with van der Waals surface area (Å²) >= 11 is 0. The summed E-state index contributed by atoms with van der Waals surface area (Å²) in [6.45, 7) is 0.721. The van der Waals surface area contributed by atoms with Crippen molar-refractivity contribution in [2.75, 3.05) is 6.54 Å².